The van der Waals surface area contributed by atoms with E-state index in [1.54, 1.807) is 0 Å². The summed E-state index contributed by atoms with van der Waals surface area (Å²) >= 11 is 0. The van der Waals surface area contributed by atoms with Crippen LogP contribution in [0.25, 0.3) is 0 Å². The normalized spacial score (nSPS) is 22.3. The highest BCUT2D eigenvalue weighted by atomic mass is 15.3. The third-order valence-corrected chi connectivity index (χ3v) is 7.21. The largest absolute Gasteiger partial charge is 0.357 e. The third kappa shape index (κ3) is 8.01. The van der Waals surface area contributed by atoms with E-state index in [1.807, 2.05) is 0 Å². The predicted octanol–water partition coefficient (Wildman–Crippen LogP) is 3.00. The van der Waals surface area contributed by atoms with E-state index in [4.69, 9.17) is 4.99 Å². The summed E-state index contributed by atoms with van der Waals surface area (Å²) in [6.45, 7) is 19.2. The van der Waals surface area contributed by atoms with Crippen molar-refractivity contribution in [1.29, 1.82) is 0 Å². The number of likely N-dealkylation sites (tertiary alicyclic amines) is 2. The first-order valence-corrected chi connectivity index (χ1v) is 12.7. The van der Waals surface area contributed by atoms with Crippen LogP contribution >= 0.6 is 0 Å². The maximum Gasteiger partial charge on any atom is 0.191 e. The Labute approximate surface area is 186 Å². The minimum Gasteiger partial charge on any atom is -0.357 e. The van der Waals surface area contributed by atoms with Crippen LogP contribution in [-0.2, 0) is 0 Å². The smallest absolute Gasteiger partial charge is 0.191 e. The van der Waals surface area contributed by atoms with Crippen LogP contribution in [0.3, 0.4) is 0 Å². The molecule has 2 rings (SSSR count). The predicted molar refractivity (Wildman–Crippen MR) is 130 cm³/mol. The van der Waals surface area contributed by atoms with Gasteiger partial charge in [-0.3, -0.25) is 9.89 Å². The molecule has 0 aromatic heterocycles. The van der Waals surface area contributed by atoms with Crippen LogP contribution < -0.4 is 10.6 Å². The molecule has 2 heterocycles. The molecule has 0 bridgehead atoms. The molecule has 0 saturated carbocycles. The molecule has 2 aliphatic heterocycles. The van der Waals surface area contributed by atoms with Crippen molar-refractivity contribution in [3.05, 3.63) is 0 Å². The molecule has 6 nitrogen and oxygen atoms in total. The van der Waals surface area contributed by atoms with Gasteiger partial charge in [-0.15, -0.1) is 0 Å². The lowest BCUT2D eigenvalue weighted by atomic mass is 9.84. The first-order chi connectivity index (χ1) is 14.5. The molecular weight excluding hydrogens is 372 g/mol. The number of nitrogens with zero attached hydrogens (tertiary/aromatic N) is 4. The van der Waals surface area contributed by atoms with Crippen molar-refractivity contribution in [2.24, 2.45) is 4.99 Å². The molecular formula is C24H50N6. The van der Waals surface area contributed by atoms with Crippen LogP contribution in [0.2, 0.25) is 0 Å². The fourth-order valence-corrected chi connectivity index (χ4v) is 4.99. The molecule has 2 N–H and O–H groups in total. The number of hydrogen-bond acceptors (Lipinski definition) is 4. The van der Waals surface area contributed by atoms with Crippen LogP contribution in [0.15, 0.2) is 4.99 Å². The Bertz CT molecular complexity index is 476. The Morgan fingerprint density at radius 3 is 2.30 bits per heavy atom. The van der Waals surface area contributed by atoms with E-state index in [9.17, 15) is 0 Å². The maximum absolute atomic E-state index is 5.15. The number of guanidine groups is 1. The Kier molecular flexibility index (Phi) is 11.5. The second-order valence-electron chi connectivity index (χ2n) is 9.48. The summed E-state index contributed by atoms with van der Waals surface area (Å²) in [5.41, 5.74) is 0.251. The number of nitrogens with one attached hydrogen (secondary N) is 2. The van der Waals surface area contributed by atoms with Gasteiger partial charge in [-0.1, -0.05) is 20.3 Å². The lowest BCUT2D eigenvalue weighted by Crippen LogP contribution is -2.58. The number of piperidine rings is 2. The highest BCUT2D eigenvalue weighted by Crippen LogP contribution is 2.31. The van der Waals surface area contributed by atoms with Crippen LogP contribution in [0.1, 0.15) is 72.6 Å². The molecule has 0 aromatic rings. The molecule has 0 radical (unpaired) electrons. The Morgan fingerprint density at radius 1 is 1.03 bits per heavy atom. The molecule has 1 atom stereocenters. The van der Waals surface area contributed by atoms with Crippen LogP contribution in [-0.4, -0.2) is 98.2 Å². The Morgan fingerprint density at radius 2 is 1.70 bits per heavy atom. The zero-order valence-corrected chi connectivity index (χ0v) is 20.7. The molecule has 0 amide bonds. The molecule has 0 spiro atoms. The van der Waals surface area contributed by atoms with Gasteiger partial charge in [0.15, 0.2) is 5.96 Å². The van der Waals surface area contributed by atoms with Crippen LogP contribution in [0, 0.1) is 0 Å². The molecule has 1 unspecified atom stereocenters. The van der Waals surface area contributed by atoms with E-state index < -0.39 is 0 Å². The van der Waals surface area contributed by atoms with Crippen LogP contribution in [0.5, 0.6) is 0 Å². The summed E-state index contributed by atoms with van der Waals surface area (Å²) in [4.78, 5) is 12.9. The van der Waals surface area contributed by atoms with Gasteiger partial charge in [-0.05, 0) is 105 Å². The summed E-state index contributed by atoms with van der Waals surface area (Å²) in [7, 11) is 2.26. The minimum absolute atomic E-state index is 0.251. The average Bonchev–Trinajstić information content (AvgIpc) is 2.77. The summed E-state index contributed by atoms with van der Waals surface area (Å²) in [6, 6.07) is 0.446. The van der Waals surface area contributed by atoms with Gasteiger partial charge < -0.3 is 20.4 Å². The zero-order chi connectivity index (χ0) is 21.8. The fourth-order valence-electron chi connectivity index (χ4n) is 4.99. The Balaban J connectivity index is 1.95. The molecule has 30 heavy (non-hydrogen) atoms. The summed E-state index contributed by atoms with van der Waals surface area (Å²) in [5.74, 6) is 1.00. The molecule has 2 saturated heterocycles. The van der Waals surface area contributed by atoms with Crippen molar-refractivity contribution in [3.63, 3.8) is 0 Å². The van der Waals surface area contributed by atoms with Crippen molar-refractivity contribution in [3.8, 4) is 0 Å². The quantitative estimate of drug-likeness (QED) is 0.396. The lowest BCUT2D eigenvalue weighted by Gasteiger charge is -2.49. The van der Waals surface area contributed by atoms with E-state index >= 15 is 0 Å². The van der Waals surface area contributed by atoms with Crippen molar-refractivity contribution >= 4 is 5.96 Å². The van der Waals surface area contributed by atoms with Gasteiger partial charge in [0.25, 0.3) is 0 Å². The fraction of sp³-hybridized carbons (Fsp3) is 0.958. The topological polar surface area (TPSA) is 46.1 Å². The number of rotatable bonds is 11. The standard InChI is InChI=1S/C24H50N6/c1-6-25-23(27-22(4)13-12-16-29(7-2)8-3)26-21-24(14-19-28(5)20-15-24)30-17-10-9-11-18-30/h22H,6-21H2,1-5H3,(H2,25,26,27). The highest BCUT2D eigenvalue weighted by molar-refractivity contribution is 5.80. The van der Waals surface area contributed by atoms with Crippen LogP contribution in [0.4, 0.5) is 0 Å². The summed E-state index contributed by atoms with van der Waals surface area (Å²) in [6.07, 6.45) is 9.00. The van der Waals surface area contributed by atoms with Gasteiger partial charge in [-0.2, -0.15) is 0 Å². The summed E-state index contributed by atoms with van der Waals surface area (Å²) in [5, 5.41) is 7.19. The van der Waals surface area contributed by atoms with Crippen molar-refractivity contribution in [2.45, 2.75) is 84.2 Å². The van der Waals surface area contributed by atoms with E-state index in [0.717, 1.165) is 32.1 Å². The Hall–Kier alpha value is -0.850. The number of aliphatic imine (C=N–C) groups is 1. The van der Waals surface area contributed by atoms with Gasteiger partial charge >= 0.3 is 0 Å². The molecule has 176 valence electrons. The zero-order valence-electron chi connectivity index (χ0n) is 20.7. The first kappa shape index (κ1) is 25.4. The van der Waals surface area contributed by atoms with E-state index in [2.05, 4.69) is 60.1 Å². The van der Waals surface area contributed by atoms with Crippen molar-refractivity contribution in [2.75, 3.05) is 66.0 Å². The third-order valence-electron chi connectivity index (χ3n) is 7.21. The van der Waals surface area contributed by atoms with E-state index in [0.29, 0.717) is 6.04 Å². The molecule has 6 heteroatoms. The number of hydrogen-bond donors (Lipinski definition) is 2. The maximum atomic E-state index is 5.15. The van der Waals surface area contributed by atoms with Gasteiger partial charge in [0.1, 0.15) is 0 Å². The van der Waals surface area contributed by atoms with Gasteiger partial charge in [0.05, 0.1) is 6.54 Å². The van der Waals surface area contributed by atoms with E-state index in [-0.39, 0.29) is 5.54 Å². The molecule has 0 aliphatic carbocycles. The van der Waals surface area contributed by atoms with Gasteiger partial charge in [0.2, 0.25) is 0 Å². The minimum atomic E-state index is 0.251. The summed E-state index contributed by atoms with van der Waals surface area (Å²) < 4.78 is 0. The molecule has 2 fully saturated rings. The monoisotopic (exact) mass is 422 g/mol. The first-order valence-electron chi connectivity index (χ1n) is 12.7. The highest BCUT2D eigenvalue weighted by Gasteiger charge is 2.39. The van der Waals surface area contributed by atoms with Crippen molar-refractivity contribution < 1.29 is 0 Å². The second kappa shape index (κ2) is 13.5. The average molecular weight is 423 g/mol. The van der Waals surface area contributed by atoms with Crippen molar-refractivity contribution in [1.82, 2.24) is 25.3 Å². The van der Waals surface area contributed by atoms with Gasteiger partial charge in [0, 0.05) is 18.1 Å². The van der Waals surface area contributed by atoms with E-state index in [1.165, 1.54) is 77.7 Å². The lowest BCUT2D eigenvalue weighted by molar-refractivity contribution is 0.0208. The van der Waals surface area contributed by atoms with Gasteiger partial charge in [-0.25, -0.2) is 0 Å². The second-order valence-corrected chi connectivity index (χ2v) is 9.48. The molecule has 0 aromatic carbocycles. The SMILES string of the molecule is CCNC(=NCC1(N2CCCCC2)CCN(C)CC1)NC(C)CCCN(CC)CC. The molecule has 2 aliphatic rings.